The van der Waals surface area contributed by atoms with Crippen molar-refractivity contribution >= 4 is 16.6 Å². The summed E-state index contributed by atoms with van der Waals surface area (Å²) in [5.41, 5.74) is 5.41. The topological polar surface area (TPSA) is 59.6 Å². The Hall–Kier alpha value is -3.06. The standard InChI is InChI=1S/C27H23NO4S/c1-27(2)16-18-7-3-5-9-20(18)28-14-13-17(15-24(27)28)26-21(31-32-26)11-12-23-25(29)19-8-4-6-10-22(19)33(23)30/h3-15,21,26H,16H2,1-2H3/p+1/b12-11+. The molecule has 1 N–H and O–H groups in total. The minimum Gasteiger partial charge on any atom is -0.506 e. The molecule has 0 amide bonds. The Kier molecular flexibility index (Phi) is 4.66. The Labute approximate surface area is 195 Å². The zero-order valence-electron chi connectivity index (χ0n) is 18.4. The van der Waals surface area contributed by atoms with Gasteiger partial charge in [0.1, 0.15) is 11.9 Å². The first-order valence-corrected chi connectivity index (χ1v) is 12.2. The van der Waals surface area contributed by atoms with Crippen LogP contribution in [0.25, 0.3) is 11.4 Å². The van der Waals surface area contributed by atoms with Crippen LogP contribution in [0.2, 0.25) is 0 Å². The van der Waals surface area contributed by atoms with Crippen molar-refractivity contribution in [3.05, 3.63) is 106 Å². The molecule has 0 bridgehead atoms. The normalized spacial score (nSPS) is 24.8. The van der Waals surface area contributed by atoms with Gasteiger partial charge in [0.05, 0.1) is 26.0 Å². The fourth-order valence-electron chi connectivity index (χ4n) is 4.93. The number of rotatable bonds is 3. The van der Waals surface area contributed by atoms with Crippen molar-refractivity contribution < 1.29 is 23.7 Å². The number of nitrogens with zero attached hydrogens (tertiary/aromatic N) is 1. The summed E-state index contributed by atoms with van der Waals surface area (Å²) in [6.45, 7) is 4.52. The summed E-state index contributed by atoms with van der Waals surface area (Å²) in [5, 5.41) is 10.5. The fraction of sp³-hybridized carbons (Fsp3) is 0.222. The van der Waals surface area contributed by atoms with Crippen LogP contribution in [-0.4, -0.2) is 15.4 Å². The third-order valence-electron chi connectivity index (χ3n) is 6.67. The van der Waals surface area contributed by atoms with Crippen molar-refractivity contribution in [3.8, 4) is 5.69 Å². The largest absolute Gasteiger partial charge is 0.506 e. The molecule has 3 aliphatic heterocycles. The molecule has 1 saturated heterocycles. The molecule has 33 heavy (non-hydrogen) atoms. The molecule has 2 aromatic carbocycles. The van der Waals surface area contributed by atoms with E-state index in [1.807, 2.05) is 18.2 Å². The lowest BCUT2D eigenvalue weighted by molar-refractivity contribution is -0.612. The van der Waals surface area contributed by atoms with Gasteiger partial charge in [0, 0.05) is 29.3 Å². The second-order valence-electron chi connectivity index (χ2n) is 9.32. The molecule has 3 atom stereocenters. The second kappa shape index (κ2) is 7.48. The molecular weight excluding hydrogens is 434 g/mol. The number of aliphatic hydroxyl groups is 1. The molecule has 1 aromatic heterocycles. The van der Waals surface area contributed by atoms with Crippen molar-refractivity contribution in [1.29, 1.82) is 0 Å². The van der Waals surface area contributed by atoms with Crippen molar-refractivity contribution in [3.63, 3.8) is 0 Å². The lowest BCUT2D eigenvalue weighted by Gasteiger charge is -2.34. The summed E-state index contributed by atoms with van der Waals surface area (Å²) >= 11 is 0. The summed E-state index contributed by atoms with van der Waals surface area (Å²) in [4.78, 5) is 11.9. The lowest BCUT2D eigenvalue weighted by atomic mass is 9.78. The van der Waals surface area contributed by atoms with Crippen LogP contribution in [0.1, 0.15) is 42.3 Å². The van der Waals surface area contributed by atoms with E-state index in [9.17, 15) is 9.32 Å². The van der Waals surface area contributed by atoms with Gasteiger partial charge in [-0.05, 0) is 50.1 Å². The summed E-state index contributed by atoms with van der Waals surface area (Å²) in [7, 11) is -1.41. The highest BCUT2D eigenvalue weighted by Gasteiger charge is 2.41. The van der Waals surface area contributed by atoms with Gasteiger partial charge >= 0.3 is 0 Å². The molecule has 0 radical (unpaired) electrons. The average Bonchev–Trinajstić information content (AvgIpc) is 3.03. The Morgan fingerprint density at radius 3 is 2.67 bits per heavy atom. The first-order valence-electron chi connectivity index (χ1n) is 11.0. The monoisotopic (exact) mass is 458 g/mol. The highest BCUT2D eigenvalue weighted by molar-refractivity contribution is 7.90. The Bertz CT molecular complexity index is 1370. The minimum absolute atomic E-state index is 0.0244. The molecule has 6 rings (SSSR count). The molecule has 3 aromatic rings. The second-order valence-corrected chi connectivity index (χ2v) is 10.7. The molecule has 166 valence electrons. The van der Waals surface area contributed by atoms with Crippen LogP contribution in [0.4, 0.5) is 0 Å². The summed E-state index contributed by atoms with van der Waals surface area (Å²) in [6.07, 6.45) is 5.99. The molecule has 3 aliphatic rings. The smallest absolute Gasteiger partial charge is 0.214 e. The molecule has 0 spiro atoms. The number of para-hydroxylation sites is 1. The van der Waals surface area contributed by atoms with E-state index < -0.39 is 10.8 Å². The summed E-state index contributed by atoms with van der Waals surface area (Å²) < 4.78 is 15.0. The van der Waals surface area contributed by atoms with E-state index in [0.29, 0.717) is 15.4 Å². The lowest BCUT2D eigenvalue weighted by Crippen LogP contribution is -2.48. The molecule has 0 saturated carbocycles. The van der Waals surface area contributed by atoms with Crippen LogP contribution in [0, 0.1) is 0 Å². The third-order valence-corrected chi connectivity index (χ3v) is 8.15. The quantitative estimate of drug-likeness (QED) is 0.454. The number of allylic oxidation sites excluding steroid dienone is 1. The van der Waals surface area contributed by atoms with E-state index >= 15 is 0 Å². The van der Waals surface area contributed by atoms with Crippen molar-refractivity contribution in [2.75, 3.05) is 0 Å². The molecule has 5 nitrogen and oxygen atoms in total. The Balaban J connectivity index is 1.29. The summed E-state index contributed by atoms with van der Waals surface area (Å²) in [5.74, 6) is 0.0579. The molecular formula is C27H24NO4S+. The van der Waals surface area contributed by atoms with Gasteiger partial charge in [-0.3, -0.25) is 0 Å². The molecule has 3 unspecified atom stereocenters. The van der Waals surface area contributed by atoms with Gasteiger partial charge in [0.25, 0.3) is 0 Å². The van der Waals surface area contributed by atoms with Crippen molar-refractivity contribution in [2.45, 2.75) is 42.8 Å². The zero-order chi connectivity index (χ0) is 22.7. The van der Waals surface area contributed by atoms with Gasteiger partial charge in [0.15, 0.2) is 18.0 Å². The van der Waals surface area contributed by atoms with Gasteiger partial charge in [0.2, 0.25) is 5.69 Å². The molecule has 1 fully saturated rings. The predicted octanol–water partition coefficient (Wildman–Crippen LogP) is 4.77. The van der Waals surface area contributed by atoms with Crippen LogP contribution in [0.5, 0.6) is 0 Å². The van der Waals surface area contributed by atoms with Crippen LogP contribution in [0.15, 0.2) is 88.8 Å². The average molecular weight is 459 g/mol. The molecule has 4 heterocycles. The van der Waals surface area contributed by atoms with E-state index in [2.05, 4.69) is 61.0 Å². The number of hydrogen-bond donors (Lipinski definition) is 1. The van der Waals surface area contributed by atoms with Gasteiger partial charge in [-0.1, -0.05) is 30.3 Å². The van der Waals surface area contributed by atoms with Crippen LogP contribution in [0.3, 0.4) is 0 Å². The fourth-order valence-corrected chi connectivity index (χ4v) is 6.22. The van der Waals surface area contributed by atoms with E-state index in [4.69, 9.17) is 9.78 Å². The molecule has 6 heteroatoms. The maximum Gasteiger partial charge on any atom is 0.214 e. The van der Waals surface area contributed by atoms with Gasteiger partial charge in [-0.25, -0.2) is 14.0 Å². The van der Waals surface area contributed by atoms with E-state index in [0.717, 1.165) is 12.0 Å². The van der Waals surface area contributed by atoms with E-state index in [1.54, 1.807) is 18.2 Å². The highest BCUT2D eigenvalue weighted by atomic mass is 32.2. The number of hydrogen-bond acceptors (Lipinski definition) is 4. The molecule has 0 aliphatic carbocycles. The van der Waals surface area contributed by atoms with Crippen LogP contribution < -0.4 is 4.57 Å². The van der Waals surface area contributed by atoms with Gasteiger partial charge in [-0.2, -0.15) is 4.57 Å². The number of pyridine rings is 1. The number of fused-ring (bicyclic) bond motifs is 4. The van der Waals surface area contributed by atoms with E-state index in [-0.39, 0.29) is 23.4 Å². The minimum atomic E-state index is -1.41. The first kappa shape index (κ1) is 20.5. The van der Waals surface area contributed by atoms with Gasteiger partial charge in [-0.15, -0.1) is 0 Å². The Morgan fingerprint density at radius 1 is 1.09 bits per heavy atom. The van der Waals surface area contributed by atoms with Gasteiger partial charge < -0.3 is 5.11 Å². The summed E-state index contributed by atoms with van der Waals surface area (Å²) in [6, 6.07) is 20.0. The van der Waals surface area contributed by atoms with Crippen molar-refractivity contribution in [2.24, 2.45) is 0 Å². The third kappa shape index (κ3) is 3.21. The van der Waals surface area contributed by atoms with E-state index in [1.165, 1.54) is 16.9 Å². The zero-order valence-corrected chi connectivity index (χ0v) is 19.2. The number of benzene rings is 2. The number of aliphatic hydroxyl groups excluding tert-OH is 1. The Morgan fingerprint density at radius 2 is 1.88 bits per heavy atom. The predicted molar refractivity (Wildman–Crippen MR) is 125 cm³/mol. The van der Waals surface area contributed by atoms with Crippen LogP contribution in [-0.2, 0) is 32.4 Å². The maximum absolute atomic E-state index is 12.8. The van der Waals surface area contributed by atoms with Crippen molar-refractivity contribution in [1.82, 2.24) is 0 Å². The maximum atomic E-state index is 12.8. The highest BCUT2D eigenvalue weighted by Crippen LogP contribution is 2.39. The first-order chi connectivity index (χ1) is 15.9. The number of aromatic nitrogens is 1. The van der Waals surface area contributed by atoms with Crippen LogP contribution >= 0.6 is 0 Å². The SMILES string of the molecule is CC1(C)Cc2ccccc2-[n+]2ccc(C3OOC3/C=C/C3=C(O)c4ccccc4S3=O)cc21.